The number of benzene rings is 2. The molecular weight excluding hydrogens is 322 g/mol. The summed E-state index contributed by atoms with van der Waals surface area (Å²) in [5.74, 6) is 0.190. The van der Waals surface area contributed by atoms with Gasteiger partial charge < -0.3 is 0 Å². The molecule has 0 spiro atoms. The maximum Gasteiger partial charge on any atom is 0.265 e. The van der Waals surface area contributed by atoms with Crippen molar-refractivity contribution in [3.63, 3.8) is 0 Å². The molecule has 22 heavy (non-hydrogen) atoms. The first-order chi connectivity index (χ1) is 10.6. The van der Waals surface area contributed by atoms with Gasteiger partial charge in [0.25, 0.3) is 10.0 Å². The lowest BCUT2D eigenvalue weighted by Gasteiger charge is -2.20. The van der Waals surface area contributed by atoms with Crippen molar-refractivity contribution >= 4 is 21.6 Å². The summed E-state index contributed by atoms with van der Waals surface area (Å²) < 4.78 is 26.5. The van der Waals surface area contributed by atoms with Crippen LogP contribution in [0, 0.1) is 0 Å². The van der Waals surface area contributed by atoms with Crippen LogP contribution in [0.1, 0.15) is 18.1 Å². The van der Waals surface area contributed by atoms with E-state index < -0.39 is 10.0 Å². The maximum atomic E-state index is 12.7. The van der Waals surface area contributed by atoms with E-state index in [1.807, 2.05) is 30.3 Å². The molecule has 0 saturated carbocycles. The number of alkyl halides is 1. The Balaban J connectivity index is 1.90. The van der Waals surface area contributed by atoms with Crippen LogP contribution in [0.4, 0.5) is 0 Å². The van der Waals surface area contributed by atoms with Gasteiger partial charge in [-0.05, 0) is 17.7 Å². The number of hydrogen-bond donors (Lipinski definition) is 0. The Morgan fingerprint density at radius 3 is 2.23 bits per heavy atom. The number of halogens is 1. The van der Waals surface area contributed by atoms with E-state index in [0.29, 0.717) is 6.42 Å². The fourth-order valence-electron chi connectivity index (χ4n) is 2.52. The Morgan fingerprint density at radius 2 is 1.64 bits per heavy atom. The van der Waals surface area contributed by atoms with Crippen molar-refractivity contribution in [2.24, 2.45) is 0 Å². The van der Waals surface area contributed by atoms with Crippen LogP contribution in [0.5, 0.6) is 0 Å². The van der Waals surface area contributed by atoms with Crippen LogP contribution in [-0.4, -0.2) is 24.8 Å². The maximum absolute atomic E-state index is 12.7. The molecule has 116 valence electrons. The first-order valence-corrected chi connectivity index (χ1v) is 8.97. The van der Waals surface area contributed by atoms with E-state index in [9.17, 15) is 8.42 Å². The molecule has 0 aromatic heterocycles. The Morgan fingerprint density at radius 1 is 1.05 bits per heavy atom. The van der Waals surface area contributed by atoms with E-state index in [1.54, 1.807) is 30.3 Å². The van der Waals surface area contributed by atoms with Crippen LogP contribution in [0.15, 0.2) is 65.6 Å². The molecule has 3 rings (SSSR count). The first-order valence-electron chi connectivity index (χ1n) is 7.00. The van der Waals surface area contributed by atoms with Gasteiger partial charge in [-0.25, -0.2) is 8.42 Å². The van der Waals surface area contributed by atoms with E-state index in [4.69, 9.17) is 16.4 Å². The highest BCUT2D eigenvalue weighted by molar-refractivity contribution is 7.89. The second-order valence-electron chi connectivity index (χ2n) is 5.12. The van der Waals surface area contributed by atoms with E-state index >= 15 is 0 Å². The quantitative estimate of drug-likeness (QED) is 0.804. The lowest BCUT2D eigenvalue weighted by molar-refractivity contribution is -0.0886. The first kappa shape index (κ1) is 15.5. The molecule has 0 unspecified atom stereocenters. The van der Waals surface area contributed by atoms with Crippen LogP contribution in [0.25, 0.3) is 0 Å². The molecule has 1 aliphatic heterocycles. The summed E-state index contributed by atoms with van der Waals surface area (Å²) in [6.45, 7) is 0. The van der Waals surface area contributed by atoms with Crippen molar-refractivity contribution in [1.29, 1.82) is 0 Å². The molecular formula is C16H16ClNO3S. The van der Waals surface area contributed by atoms with Gasteiger partial charge in [-0.2, -0.15) is 0 Å². The summed E-state index contributed by atoms with van der Waals surface area (Å²) in [5, 5.41) is 0. The van der Waals surface area contributed by atoms with Gasteiger partial charge in [0, 0.05) is 12.3 Å². The average molecular weight is 338 g/mol. The van der Waals surface area contributed by atoms with E-state index in [1.165, 1.54) is 0 Å². The van der Waals surface area contributed by atoms with E-state index in [-0.39, 0.29) is 22.9 Å². The summed E-state index contributed by atoms with van der Waals surface area (Å²) in [6, 6.07) is 17.5. The fraction of sp³-hybridized carbons (Fsp3) is 0.250. The van der Waals surface area contributed by atoms with Crippen molar-refractivity contribution in [2.75, 3.05) is 5.88 Å². The van der Waals surface area contributed by atoms with Gasteiger partial charge in [0.05, 0.1) is 10.9 Å². The van der Waals surface area contributed by atoms with Crippen LogP contribution in [-0.2, 0) is 14.9 Å². The fourth-order valence-corrected chi connectivity index (χ4v) is 4.33. The van der Waals surface area contributed by atoms with Crippen molar-refractivity contribution in [1.82, 2.24) is 4.47 Å². The lowest BCUT2D eigenvalue weighted by Crippen LogP contribution is -2.35. The van der Waals surface area contributed by atoms with Crippen LogP contribution in [0.3, 0.4) is 0 Å². The Hall–Kier alpha value is -1.40. The minimum atomic E-state index is -3.71. The normalized spacial score (nSPS) is 22.8. The van der Waals surface area contributed by atoms with Gasteiger partial charge in [-0.1, -0.05) is 53.0 Å². The predicted molar refractivity (Wildman–Crippen MR) is 84.9 cm³/mol. The second-order valence-corrected chi connectivity index (χ2v) is 7.21. The van der Waals surface area contributed by atoms with E-state index in [2.05, 4.69) is 0 Å². The topological polar surface area (TPSA) is 46.6 Å². The smallest absolute Gasteiger partial charge is 0.265 e. The molecule has 1 heterocycles. The van der Waals surface area contributed by atoms with Crippen LogP contribution >= 0.6 is 11.6 Å². The molecule has 1 fully saturated rings. The van der Waals surface area contributed by atoms with Crippen molar-refractivity contribution in [3.8, 4) is 0 Å². The zero-order valence-corrected chi connectivity index (χ0v) is 13.4. The van der Waals surface area contributed by atoms with E-state index in [0.717, 1.165) is 10.0 Å². The molecule has 2 atom stereocenters. The zero-order chi connectivity index (χ0) is 15.6. The van der Waals surface area contributed by atoms with Crippen LogP contribution in [0.2, 0.25) is 0 Å². The predicted octanol–water partition coefficient (Wildman–Crippen LogP) is 3.36. The highest BCUT2D eigenvalue weighted by Gasteiger charge is 2.41. The number of nitrogens with zero attached hydrogens (tertiary/aromatic N) is 1. The number of hydrogen-bond acceptors (Lipinski definition) is 3. The third-order valence-electron chi connectivity index (χ3n) is 3.64. The molecule has 6 heteroatoms. The van der Waals surface area contributed by atoms with Gasteiger partial charge in [0.1, 0.15) is 6.10 Å². The monoisotopic (exact) mass is 337 g/mol. The lowest BCUT2D eigenvalue weighted by atomic mass is 10.0. The summed E-state index contributed by atoms with van der Waals surface area (Å²) in [7, 11) is -3.71. The molecule has 1 saturated heterocycles. The van der Waals surface area contributed by atoms with Crippen molar-refractivity contribution in [3.05, 3.63) is 66.2 Å². The molecule has 0 bridgehead atoms. The Bertz CT molecular complexity index is 722. The molecule has 4 nitrogen and oxygen atoms in total. The minimum Gasteiger partial charge on any atom is -0.276 e. The molecule has 0 aliphatic carbocycles. The summed E-state index contributed by atoms with van der Waals surface area (Å²) >= 11 is 5.96. The molecule has 0 amide bonds. The van der Waals surface area contributed by atoms with Crippen molar-refractivity contribution < 1.29 is 13.3 Å². The SMILES string of the molecule is O=S(=O)(c1ccccc1)N1O[C@H](c2ccccc2)C[C@H]1CCl. The largest absolute Gasteiger partial charge is 0.276 e. The van der Waals surface area contributed by atoms with Gasteiger partial charge in [0.15, 0.2) is 0 Å². The Kier molecular flexibility index (Phi) is 4.49. The van der Waals surface area contributed by atoms with Crippen molar-refractivity contribution in [2.45, 2.75) is 23.5 Å². The third kappa shape index (κ3) is 2.90. The van der Waals surface area contributed by atoms with Gasteiger partial charge >= 0.3 is 0 Å². The zero-order valence-electron chi connectivity index (χ0n) is 11.8. The highest BCUT2D eigenvalue weighted by atomic mass is 35.5. The minimum absolute atomic E-state index is 0.190. The highest BCUT2D eigenvalue weighted by Crippen LogP contribution is 2.37. The molecule has 1 aliphatic rings. The van der Waals surface area contributed by atoms with Gasteiger partial charge in [0.2, 0.25) is 0 Å². The molecule has 0 N–H and O–H groups in total. The second kappa shape index (κ2) is 6.38. The number of hydroxylamine groups is 1. The Labute approximate surface area is 135 Å². The molecule has 2 aromatic rings. The average Bonchev–Trinajstić information content (AvgIpc) is 3.02. The van der Waals surface area contributed by atoms with Crippen LogP contribution < -0.4 is 0 Å². The summed E-state index contributed by atoms with van der Waals surface area (Å²) in [5.41, 5.74) is 0.948. The number of rotatable bonds is 4. The summed E-state index contributed by atoms with van der Waals surface area (Å²) in [4.78, 5) is 5.94. The standard InChI is InChI=1S/C16H16ClNO3S/c17-12-14-11-16(13-7-3-1-4-8-13)21-18(14)22(19,20)15-9-5-2-6-10-15/h1-10,14,16H,11-12H2/t14-,16-/m0/s1. The molecule has 2 aromatic carbocycles. The number of sulfonamides is 1. The van der Waals surface area contributed by atoms with Gasteiger partial charge in [-0.3, -0.25) is 4.84 Å². The summed E-state index contributed by atoms with van der Waals surface area (Å²) in [6.07, 6.45) is 0.239. The third-order valence-corrected chi connectivity index (χ3v) is 5.72. The van der Waals surface area contributed by atoms with Gasteiger partial charge in [-0.15, -0.1) is 11.6 Å². The molecule has 0 radical (unpaired) electrons.